The molecule has 2 atom stereocenters. The maximum absolute atomic E-state index is 13.8. The van der Waals surface area contributed by atoms with Crippen molar-refractivity contribution in [2.45, 2.75) is 97.4 Å². The molecular weight excluding hydrogens is 542 g/mol. The van der Waals surface area contributed by atoms with Gasteiger partial charge in [0.1, 0.15) is 5.78 Å². The Kier molecular flexibility index (Phi) is 13.3. The van der Waals surface area contributed by atoms with E-state index in [-0.39, 0.29) is 29.9 Å². The average Bonchev–Trinajstić information content (AvgIpc) is 3.35. The summed E-state index contributed by atoms with van der Waals surface area (Å²) >= 11 is 7.69. The topological polar surface area (TPSA) is 79.4 Å². The lowest BCUT2D eigenvalue weighted by Gasteiger charge is -2.32. The van der Waals surface area contributed by atoms with Crippen LogP contribution in [-0.2, 0) is 20.8 Å². The number of likely N-dealkylation sites (N-methyl/N-ethyl adjacent to an activating group) is 1. The molecule has 0 saturated heterocycles. The molecule has 3 rings (SSSR count). The first-order chi connectivity index (χ1) is 19.2. The summed E-state index contributed by atoms with van der Waals surface area (Å²) in [5.74, 6) is -0.0759. The fraction of sp³-hybridized carbons (Fsp3) is 0.625. The number of halogens is 1. The van der Waals surface area contributed by atoms with Crippen LogP contribution < -0.4 is 5.32 Å². The van der Waals surface area contributed by atoms with Crippen LogP contribution in [0.3, 0.4) is 0 Å². The molecule has 0 unspecified atom stereocenters. The van der Waals surface area contributed by atoms with E-state index in [1.54, 1.807) is 0 Å². The van der Waals surface area contributed by atoms with E-state index >= 15 is 0 Å². The van der Waals surface area contributed by atoms with Gasteiger partial charge >= 0.3 is 0 Å². The van der Waals surface area contributed by atoms with Crippen LogP contribution in [0, 0.1) is 11.8 Å². The Morgan fingerprint density at radius 3 is 2.52 bits per heavy atom. The van der Waals surface area contributed by atoms with Gasteiger partial charge in [0.2, 0.25) is 5.91 Å². The fourth-order valence-corrected chi connectivity index (χ4v) is 7.01. The van der Waals surface area contributed by atoms with E-state index in [9.17, 15) is 14.4 Å². The lowest BCUT2D eigenvalue weighted by atomic mass is 9.81. The lowest BCUT2D eigenvalue weighted by Crippen LogP contribution is -2.45. The van der Waals surface area contributed by atoms with Crippen molar-refractivity contribution in [3.63, 3.8) is 0 Å². The van der Waals surface area contributed by atoms with Crippen LogP contribution in [0.25, 0.3) is 10.2 Å². The Morgan fingerprint density at radius 2 is 1.85 bits per heavy atom. The number of fused-ring (bicyclic) bond motifs is 1. The number of amides is 1. The minimum absolute atomic E-state index is 0.0739. The molecule has 0 bridgehead atoms. The molecule has 0 spiro atoms. The van der Waals surface area contributed by atoms with E-state index in [0.717, 1.165) is 60.4 Å². The van der Waals surface area contributed by atoms with Crippen LogP contribution in [-0.4, -0.2) is 53.0 Å². The number of nitrogens with one attached hydrogen (secondary N) is 1. The molecule has 2 aromatic rings. The number of benzene rings is 1. The van der Waals surface area contributed by atoms with Crippen LogP contribution in [0.15, 0.2) is 30.4 Å². The van der Waals surface area contributed by atoms with E-state index in [2.05, 4.69) is 30.6 Å². The van der Waals surface area contributed by atoms with Crippen molar-refractivity contribution in [3.05, 3.63) is 40.4 Å². The van der Waals surface area contributed by atoms with Gasteiger partial charge in [0.05, 0.1) is 21.1 Å². The lowest BCUT2D eigenvalue weighted by molar-refractivity contribution is -0.130. The number of Topliss-reactive ketones (excluding diaryl/α,β-unsaturated/α-hetero) is 2. The molecule has 1 amide bonds. The zero-order chi connectivity index (χ0) is 29.1. The van der Waals surface area contributed by atoms with Crippen molar-refractivity contribution in [2.75, 3.05) is 19.6 Å². The van der Waals surface area contributed by atoms with Gasteiger partial charge in [-0.2, -0.15) is 0 Å². The molecule has 220 valence electrons. The summed E-state index contributed by atoms with van der Waals surface area (Å²) in [6.45, 7) is 12.6. The minimum Gasteiger partial charge on any atom is -0.353 e. The number of rotatable bonds is 17. The van der Waals surface area contributed by atoms with E-state index in [1.165, 1.54) is 17.8 Å². The predicted octanol–water partition coefficient (Wildman–Crippen LogP) is 7.18. The maximum atomic E-state index is 13.8. The highest BCUT2D eigenvalue weighted by Gasteiger charge is 2.30. The molecule has 40 heavy (non-hydrogen) atoms. The van der Waals surface area contributed by atoms with Crippen molar-refractivity contribution < 1.29 is 14.4 Å². The second-order valence-electron chi connectivity index (χ2n) is 11.2. The first kappa shape index (κ1) is 32.4. The van der Waals surface area contributed by atoms with Crippen molar-refractivity contribution in [2.24, 2.45) is 11.8 Å². The molecule has 1 aliphatic rings. The third-order valence-electron chi connectivity index (χ3n) is 8.12. The zero-order valence-electron chi connectivity index (χ0n) is 24.5. The Hall–Kier alpha value is -2.09. The molecule has 1 fully saturated rings. The average molecular weight is 588 g/mol. The highest BCUT2D eigenvalue weighted by atomic mass is 35.5. The number of carbonyl (C=O) groups excluding carboxylic acids is 3. The molecule has 6 nitrogen and oxygen atoms in total. The summed E-state index contributed by atoms with van der Waals surface area (Å²) in [5, 5.41) is 4.81. The van der Waals surface area contributed by atoms with E-state index in [4.69, 9.17) is 16.6 Å². The Balaban J connectivity index is 1.73. The summed E-state index contributed by atoms with van der Waals surface area (Å²) in [4.78, 5) is 46.4. The maximum Gasteiger partial charge on any atom is 0.224 e. The number of hydrogen-bond acceptors (Lipinski definition) is 6. The SMILES string of the molecule is C=C(CN(CC)CC)C(=O)CC[C@@H](NC(=O)[C@@H](CC(=O)CCC)Cc1nc2ccc(Cl)cc2s1)C1CCCCC1. The Morgan fingerprint density at radius 1 is 1.12 bits per heavy atom. The van der Waals surface area contributed by atoms with Crippen LogP contribution in [0.5, 0.6) is 0 Å². The van der Waals surface area contributed by atoms with Gasteiger partial charge in [-0.15, -0.1) is 11.3 Å². The summed E-state index contributed by atoms with van der Waals surface area (Å²) in [6.07, 6.45) is 8.43. The van der Waals surface area contributed by atoms with Gasteiger partial charge in [0, 0.05) is 48.9 Å². The first-order valence-corrected chi connectivity index (χ1v) is 16.2. The molecule has 1 heterocycles. The fourth-order valence-electron chi connectivity index (χ4n) is 5.69. The highest BCUT2D eigenvalue weighted by molar-refractivity contribution is 7.18. The van der Waals surface area contributed by atoms with Crippen LogP contribution in [0.4, 0.5) is 0 Å². The van der Waals surface area contributed by atoms with Gasteiger partial charge in [-0.1, -0.05) is 58.2 Å². The molecule has 1 saturated carbocycles. The summed E-state index contributed by atoms with van der Waals surface area (Å²) < 4.78 is 0.977. The zero-order valence-corrected chi connectivity index (χ0v) is 26.0. The van der Waals surface area contributed by atoms with Gasteiger partial charge in [0.15, 0.2) is 5.78 Å². The number of ketones is 2. The molecule has 1 N–H and O–H groups in total. The molecule has 8 heteroatoms. The first-order valence-electron chi connectivity index (χ1n) is 15.0. The van der Waals surface area contributed by atoms with Crippen molar-refractivity contribution in [1.29, 1.82) is 0 Å². The standard InChI is InChI=1S/C32H46ClN3O3S/c1-5-11-26(37)18-24(19-31-34-28-15-14-25(33)20-30(28)40-31)32(39)35-27(23-12-9-8-10-13-23)16-17-29(38)22(4)21-36(6-2)7-3/h14-15,20,23-24,27H,4-13,16-19,21H2,1-3H3,(H,35,39)/t24-,27+/m0/s1. The van der Waals surface area contributed by atoms with Crippen molar-refractivity contribution in [3.8, 4) is 0 Å². The van der Waals surface area contributed by atoms with Crippen molar-refractivity contribution in [1.82, 2.24) is 15.2 Å². The highest BCUT2D eigenvalue weighted by Crippen LogP contribution is 2.30. The Bertz CT molecular complexity index is 1150. The second-order valence-corrected chi connectivity index (χ2v) is 12.7. The molecule has 1 aromatic heterocycles. The van der Waals surface area contributed by atoms with Crippen LogP contribution >= 0.6 is 22.9 Å². The molecule has 1 aliphatic carbocycles. The normalized spacial score (nSPS) is 15.7. The second kappa shape index (κ2) is 16.4. The number of hydrogen-bond donors (Lipinski definition) is 1. The van der Waals surface area contributed by atoms with Gasteiger partial charge in [-0.05, 0) is 62.9 Å². The van der Waals surface area contributed by atoms with Gasteiger partial charge in [-0.3, -0.25) is 19.3 Å². The largest absolute Gasteiger partial charge is 0.353 e. The quantitative estimate of drug-likeness (QED) is 0.198. The number of aromatic nitrogens is 1. The van der Waals surface area contributed by atoms with Gasteiger partial charge in [0.25, 0.3) is 0 Å². The number of carbonyl (C=O) groups is 3. The van der Waals surface area contributed by atoms with Crippen LogP contribution in [0.1, 0.15) is 90.0 Å². The summed E-state index contributed by atoms with van der Waals surface area (Å²) in [5.41, 5.74) is 1.49. The summed E-state index contributed by atoms with van der Waals surface area (Å²) in [6, 6.07) is 5.50. The summed E-state index contributed by atoms with van der Waals surface area (Å²) in [7, 11) is 0. The number of nitrogens with zero attached hydrogens (tertiary/aromatic N) is 2. The van der Waals surface area contributed by atoms with Crippen molar-refractivity contribution >= 4 is 50.6 Å². The van der Waals surface area contributed by atoms with E-state index < -0.39 is 5.92 Å². The third-order valence-corrected chi connectivity index (χ3v) is 9.40. The van der Waals surface area contributed by atoms with Gasteiger partial charge < -0.3 is 5.32 Å². The van der Waals surface area contributed by atoms with E-state index in [1.807, 2.05) is 25.1 Å². The number of thiazole rings is 1. The molecular formula is C32H46ClN3O3S. The Labute approximate surface area is 248 Å². The van der Waals surface area contributed by atoms with E-state index in [0.29, 0.717) is 48.7 Å². The van der Waals surface area contributed by atoms with Gasteiger partial charge in [-0.25, -0.2) is 4.98 Å². The third kappa shape index (κ3) is 9.78. The minimum atomic E-state index is -0.491. The van der Waals surface area contributed by atoms with Crippen LogP contribution in [0.2, 0.25) is 5.02 Å². The molecule has 0 aliphatic heterocycles. The smallest absolute Gasteiger partial charge is 0.224 e. The monoisotopic (exact) mass is 587 g/mol. The molecule has 1 aromatic carbocycles. The predicted molar refractivity (Wildman–Crippen MR) is 166 cm³/mol. The molecule has 0 radical (unpaired) electrons.